The highest BCUT2D eigenvalue weighted by molar-refractivity contribution is 7.86. The summed E-state index contributed by atoms with van der Waals surface area (Å²) >= 11 is 0. The van der Waals surface area contributed by atoms with Gasteiger partial charge in [-0.05, 0) is 18.2 Å². The number of benzene rings is 1. The van der Waals surface area contributed by atoms with Crippen LogP contribution in [0.3, 0.4) is 0 Å². The highest BCUT2D eigenvalue weighted by Gasteiger charge is 2.19. The zero-order valence-corrected chi connectivity index (χ0v) is 7.51. The van der Waals surface area contributed by atoms with Gasteiger partial charge in [0.05, 0.1) is 6.26 Å². The van der Waals surface area contributed by atoms with Gasteiger partial charge in [-0.25, -0.2) is 4.39 Å². The lowest BCUT2D eigenvalue weighted by Gasteiger charge is -1.96. The minimum Gasteiger partial charge on any atom is -0.461 e. The Bertz CT molecular complexity index is 586. The molecule has 1 heterocycles. The Labute approximate surface area is 78.2 Å². The molecule has 0 aliphatic rings. The van der Waals surface area contributed by atoms with Gasteiger partial charge in [0.2, 0.25) is 0 Å². The van der Waals surface area contributed by atoms with E-state index in [1.165, 1.54) is 6.07 Å². The molecule has 0 radical (unpaired) electrons. The number of halogens is 2. The molecule has 0 amide bonds. The molecule has 0 aliphatic carbocycles. The van der Waals surface area contributed by atoms with Crippen LogP contribution in [0.1, 0.15) is 0 Å². The molecular formula is C8H4F2O3S. The molecule has 6 heteroatoms. The summed E-state index contributed by atoms with van der Waals surface area (Å²) in [5.41, 5.74) is -0.260. The number of furan rings is 1. The smallest absolute Gasteiger partial charge is 0.332 e. The van der Waals surface area contributed by atoms with Crippen LogP contribution >= 0.6 is 0 Å². The van der Waals surface area contributed by atoms with E-state index in [0.29, 0.717) is 0 Å². The summed E-state index contributed by atoms with van der Waals surface area (Å²) in [5.74, 6) is -0.725. The van der Waals surface area contributed by atoms with E-state index in [9.17, 15) is 16.7 Å². The molecule has 0 unspecified atom stereocenters. The fourth-order valence-corrected chi connectivity index (χ4v) is 1.87. The second kappa shape index (κ2) is 2.78. The summed E-state index contributed by atoms with van der Waals surface area (Å²) in [5, 5.41) is -0.0903. The van der Waals surface area contributed by atoms with E-state index in [0.717, 1.165) is 18.4 Å². The van der Waals surface area contributed by atoms with Crippen LogP contribution < -0.4 is 0 Å². The highest BCUT2D eigenvalue weighted by atomic mass is 32.3. The molecule has 0 bridgehead atoms. The molecule has 74 valence electrons. The maximum absolute atomic E-state index is 13.0. The van der Waals surface area contributed by atoms with Gasteiger partial charge in [0, 0.05) is 5.39 Å². The molecule has 0 fully saturated rings. The third-order valence-electron chi connectivity index (χ3n) is 1.79. The predicted octanol–water partition coefficient (Wildman–Crippen LogP) is 2.23. The van der Waals surface area contributed by atoms with Crippen LogP contribution in [0.15, 0.2) is 33.8 Å². The van der Waals surface area contributed by atoms with Crippen molar-refractivity contribution in [2.24, 2.45) is 0 Å². The molecule has 1 aromatic carbocycles. The Hall–Kier alpha value is -1.43. The molecule has 1 aromatic heterocycles. The van der Waals surface area contributed by atoms with Crippen LogP contribution in [-0.2, 0) is 10.2 Å². The molecule has 2 aromatic rings. The van der Waals surface area contributed by atoms with Gasteiger partial charge in [0.1, 0.15) is 4.90 Å². The molecule has 14 heavy (non-hydrogen) atoms. The van der Waals surface area contributed by atoms with Crippen molar-refractivity contribution in [1.82, 2.24) is 0 Å². The Morgan fingerprint density at radius 1 is 1.21 bits per heavy atom. The van der Waals surface area contributed by atoms with E-state index in [2.05, 4.69) is 4.42 Å². The van der Waals surface area contributed by atoms with Crippen LogP contribution in [0.4, 0.5) is 8.28 Å². The van der Waals surface area contributed by atoms with Gasteiger partial charge in [0.15, 0.2) is 11.4 Å². The minimum atomic E-state index is -4.84. The second-order valence-electron chi connectivity index (χ2n) is 2.65. The zero-order chi connectivity index (χ0) is 10.3. The van der Waals surface area contributed by atoms with Crippen LogP contribution in [-0.4, -0.2) is 8.42 Å². The number of hydrogen-bond donors (Lipinski definition) is 0. The molecule has 0 saturated heterocycles. The summed E-state index contributed by atoms with van der Waals surface area (Å²) in [7, 11) is -4.84. The molecule has 3 nitrogen and oxygen atoms in total. The summed E-state index contributed by atoms with van der Waals surface area (Å²) in [6, 6.07) is 2.91. The molecule has 2 rings (SSSR count). The first-order chi connectivity index (χ1) is 6.50. The standard InChI is InChI=1S/C8H4F2O3S/c9-6-1-2-7(14(10,11)12)5-3-4-13-8(5)6/h1-4H. The van der Waals surface area contributed by atoms with E-state index in [1.54, 1.807) is 0 Å². The Morgan fingerprint density at radius 2 is 1.93 bits per heavy atom. The van der Waals surface area contributed by atoms with Gasteiger partial charge in [-0.2, -0.15) is 8.42 Å². The first kappa shape index (κ1) is 9.14. The number of fused-ring (bicyclic) bond motifs is 1. The summed E-state index contributed by atoms with van der Waals surface area (Å²) in [4.78, 5) is -0.581. The number of hydrogen-bond acceptors (Lipinski definition) is 3. The fourth-order valence-electron chi connectivity index (χ4n) is 1.22. The lowest BCUT2D eigenvalue weighted by molar-refractivity contribution is 0.549. The van der Waals surface area contributed by atoms with Crippen molar-refractivity contribution in [3.63, 3.8) is 0 Å². The normalized spacial score (nSPS) is 12.1. The van der Waals surface area contributed by atoms with Gasteiger partial charge in [0.25, 0.3) is 0 Å². The summed E-state index contributed by atoms with van der Waals surface area (Å²) in [6.07, 6.45) is 1.10. The average molecular weight is 218 g/mol. The Kier molecular flexibility index (Phi) is 1.81. The molecule has 0 atom stereocenters. The largest absolute Gasteiger partial charge is 0.461 e. The lowest BCUT2D eigenvalue weighted by Crippen LogP contribution is -1.93. The third kappa shape index (κ3) is 1.27. The maximum atomic E-state index is 13.0. The van der Waals surface area contributed by atoms with E-state index in [-0.39, 0.29) is 11.0 Å². The van der Waals surface area contributed by atoms with E-state index in [1.807, 2.05) is 0 Å². The summed E-state index contributed by atoms with van der Waals surface area (Å²) in [6.45, 7) is 0. The van der Waals surface area contributed by atoms with E-state index >= 15 is 0 Å². The molecular weight excluding hydrogens is 214 g/mol. The lowest BCUT2D eigenvalue weighted by atomic mass is 10.2. The monoisotopic (exact) mass is 218 g/mol. The van der Waals surface area contributed by atoms with E-state index in [4.69, 9.17) is 0 Å². The first-order valence-electron chi connectivity index (χ1n) is 3.60. The van der Waals surface area contributed by atoms with Gasteiger partial charge in [-0.1, -0.05) is 0 Å². The molecule has 0 saturated carbocycles. The van der Waals surface area contributed by atoms with Crippen molar-refractivity contribution in [2.75, 3.05) is 0 Å². The van der Waals surface area contributed by atoms with Crippen molar-refractivity contribution in [3.05, 3.63) is 30.3 Å². The minimum absolute atomic E-state index is 0.0903. The fraction of sp³-hybridized carbons (Fsp3) is 0. The quantitative estimate of drug-likeness (QED) is 0.689. The predicted molar refractivity (Wildman–Crippen MR) is 44.5 cm³/mol. The first-order valence-corrected chi connectivity index (χ1v) is 4.99. The van der Waals surface area contributed by atoms with Crippen molar-refractivity contribution in [1.29, 1.82) is 0 Å². The van der Waals surface area contributed by atoms with Crippen LogP contribution in [0.25, 0.3) is 11.0 Å². The van der Waals surface area contributed by atoms with Crippen LogP contribution in [0, 0.1) is 5.82 Å². The maximum Gasteiger partial charge on any atom is 0.332 e. The Balaban J connectivity index is 2.93. The second-order valence-corrected chi connectivity index (χ2v) is 3.96. The Morgan fingerprint density at radius 3 is 2.57 bits per heavy atom. The van der Waals surface area contributed by atoms with Gasteiger partial charge in [-0.15, -0.1) is 3.89 Å². The van der Waals surface area contributed by atoms with Gasteiger partial charge >= 0.3 is 10.2 Å². The van der Waals surface area contributed by atoms with Crippen LogP contribution in [0.5, 0.6) is 0 Å². The third-order valence-corrected chi connectivity index (χ3v) is 2.67. The summed E-state index contributed by atoms with van der Waals surface area (Å²) < 4.78 is 51.6. The van der Waals surface area contributed by atoms with Crippen LogP contribution in [0.2, 0.25) is 0 Å². The molecule has 0 N–H and O–H groups in total. The van der Waals surface area contributed by atoms with Gasteiger partial charge < -0.3 is 4.42 Å². The van der Waals surface area contributed by atoms with Crippen molar-refractivity contribution >= 4 is 21.2 Å². The van der Waals surface area contributed by atoms with E-state index < -0.39 is 20.9 Å². The van der Waals surface area contributed by atoms with Crippen molar-refractivity contribution < 1.29 is 21.1 Å². The van der Waals surface area contributed by atoms with Gasteiger partial charge in [-0.3, -0.25) is 0 Å². The highest BCUT2D eigenvalue weighted by Crippen LogP contribution is 2.27. The van der Waals surface area contributed by atoms with Crippen molar-refractivity contribution in [2.45, 2.75) is 4.90 Å². The number of rotatable bonds is 1. The average Bonchev–Trinajstić information content (AvgIpc) is 2.50. The van der Waals surface area contributed by atoms with Crippen molar-refractivity contribution in [3.8, 4) is 0 Å². The zero-order valence-electron chi connectivity index (χ0n) is 6.70. The SMILES string of the molecule is O=S(=O)(F)c1ccc(F)c2occc12. The molecule has 0 aliphatic heterocycles. The topological polar surface area (TPSA) is 47.3 Å². The molecule has 0 spiro atoms.